The summed E-state index contributed by atoms with van der Waals surface area (Å²) in [6.45, 7) is 3.59. The van der Waals surface area contributed by atoms with E-state index in [1.807, 2.05) is 0 Å². The monoisotopic (exact) mass is 279 g/mol. The molecular formula is C19H21NO. The minimum Gasteiger partial charge on any atom is -0.492 e. The first-order chi connectivity index (χ1) is 10.3. The first kappa shape index (κ1) is 13.9. The molecule has 0 radical (unpaired) electrons. The Kier molecular flexibility index (Phi) is 4.07. The molecule has 0 aliphatic rings. The molecule has 0 fully saturated rings. The highest BCUT2D eigenvalue weighted by Crippen LogP contribution is 2.36. The molecule has 2 N–H and O–H groups in total. The first-order valence-corrected chi connectivity index (χ1v) is 7.55. The van der Waals surface area contributed by atoms with Crippen molar-refractivity contribution in [2.45, 2.75) is 19.8 Å². The SMILES string of the molecule is Cc1cccc2c(OCCCCN)c3ccccc3cc12. The number of hydrogen-bond donors (Lipinski definition) is 1. The standard InChI is InChI=1S/C19H21NO/c1-14-7-6-10-17-18(14)13-15-8-2-3-9-16(15)19(17)21-12-5-4-11-20/h2-3,6-10,13H,4-5,11-12,20H2,1H3. The molecule has 0 amide bonds. The molecule has 21 heavy (non-hydrogen) atoms. The smallest absolute Gasteiger partial charge is 0.134 e. The van der Waals surface area contributed by atoms with Gasteiger partial charge < -0.3 is 10.5 Å². The molecule has 0 saturated carbocycles. The number of fused-ring (bicyclic) bond motifs is 2. The van der Waals surface area contributed by atoms with E-state index in [1.54, 1.807) is 0 Å². The fraction of sp³-hybridized carbons (Fsp3) is 0.263. The average molecular weight is 279 g/mol. The maximum atomic E-state index is 6.13. The number of rotatable bonds is 5. The molecular weight excluding hydrogens is 258 g/mol. The molecule has 0 unspecified atom stereocenters. The fourth-order valence-corrected chi connectivity index (χ4v) is 2.78. The van der Waals surface area contributed by atoms with Crippen molar-refractivity contribution in [3.05, 3.63) is 54.1 Å². The molecule has 0 spiro atoms. The van der Waals surface area contributed by atoms with Crippen molar-refractivity contribution in [2.75, 3.05) is 13.2 Å². The molecule has 0 aliphatic carbocycles. The van der Waals surface area contributed by atoms with E-state index < -0.39 is 0 Å². The molecule has 0 atom stereocenters. The van der Waals surface area contributed by atoms with Crippen molar-refractivity contribution in [3.8, 4) is 5.75 Å². The normalized spacial score (nSPS) is 11.1. The van der Waals surface area contributed by atoms with Crippen LogP contribution in [0.2, 0.25) is 0 Å². The third-order valence-corrected chi connectivity index (χ3v) is 3.92. The van der Waals surface area contributed by atoms with E-state index in [9.17, 15) is 0 Å². The number of nitrogens with two attached hydrogens (primary N) is 1. The summed E-state index contributed by atoms with van der Waals surface area (Å²) in [5.74, 6) is 1.00. The third-order valence-electron chi connectivity index (χ3n) is 3.92. The van der Waals surface area contributed by atoms with Crippen molar-refractivity contribution >= 4 is 21.5 Å². The lowest BCUT2D eigenvalue weighted by atomic mass is 9.99. The lowest BCUT2D eigenvalue weighted by Crippen LogP contribution is -2.04. The van der Waals surface area contributed by atoms with Crippen LogP contribution in [0.4, 0.5) is 0 Å². The fourth-order valence-electron chi connectivity index (χ4n) is 2.78. The molecule has 2 heteroatoms. The molecule has 3 aromatic carbocycles. The molecule has 2 nitrogen and oxygen atoms in total. The zero-order valence-electron chi connectivity index (χ0n) is 12.4. The van der Waals surface area contributed by atoms with Crippen LogP contribution in [0.3, 0.4) is 0 Å². The predicted octanol–water partition coefficient (Wildman–Crippen LogP) is 4.42. The van der Waals surface area contributed by atoms with E-state index in [4.69, 9.17) is 10.5 Å². The quantitative estimate of drug-likeness (QED) is 0.554. The van der Waals surface area contributed by atoms with Gasteiger partial charge in [-0.25, -0.2) is 0 Å². The van der Waals surface area contributed by atoms with Crippen LogP contribution in [-0.2, 0) is 0 Å². The van der Waals surface area contributed by atoms with E-state index in [1.165, 1.54) is 27.1 Å². The summed E-state index contributed by atoms with van der Waals surface area (Å²) in [5, 5.41) is 4.88. The van der Waals surface area contributed by atoms with Gasteiger partial charge in [0.25, 0.3) is 0 Å². The van der Waals surface area contributed by atoms with Gasteiger partial charge in [-0.15, -0.1) is 0 Å². The van der Waals surface area contributed by atoms with Crippen LogP contribution in [0.25, 0.3) is 21.5 Å². The second-order valence-electron chi connectivity index (χ2n) is 5.44. The molecule has 3 rings (SSSR count). The van der Waals surface area contributed by atoms with Crippen molar-refractivity contribution < 1.29 is 4.74 Å². The Morgan fingerprint density at radius 2 is 1.71 bits per heavy atom. The molecule has 0 bridgehead atoms. The predicted molar refractivity (Wildman–Crippen MR) is 90.0 cm³/mol. The Morgan fingerprint density at radius 3 is 2.57 bits per heavy atom. The van der Waals surface area contributed by atoms with Gasteiger partial charge in [0.05, 0.1) is 6.61 Å². The summed E-state index contributed by atoms with van der Waals surface area (Å²) in [6, 6.07) is 17.1. The summed E-state index contributed by atoms with van der Waals surface area (Å²) >= 11 is 0. The zero-order chi connectivity index (χ0) is 14.7. The van der Waals surface area contributed by atoms with Crippen molar-refractivity contribution in [2.24, 2.45) is 5.73 Å². The Morgan fingerprint density at radius 1 is 0.905 bits per heavy atom. The van der Waals surface area contributed by atoms with Gasteiger partial charge in [-0.05, 0) is 48.7 Å². The molecule has 0 heterocycles. The van der Waals surface area contributed by atoms with Crippen LogP contribution in [0.5, 0.6) is 5.75 Å². The summed E-state index contributed by atoms with van der Waals surface area (Å²) in [4.78, 5) is 0. The average Bonchev–Trinajstić information content (AvgIpc) is 2.51. The Labute approximate surface area is 125 Å². The second kappa shape index (κ2) is 6.15. The van der Waals surface area contributed by atoms with Crippen LogP contribution in [0, 0.1) is 6.92 Å². The highest BCUT2D eigenvalue weighted by atomic mass is 16.5. The number of hydrogen-bond acceptors (Lipinski definition) is 2. The van der Waals surface area contributed by atoms with E-state index >= 15 is 0 Å². The lowest BCUT2D eigenvalue weighted by Gasteiger charge is -2.14. The van der Waals surface area contributed by atoms with Crippen LogP contribution in [0.15, 0.2) is 48.5 Å². The molecule has 0 aliphatic heterocycles. The van der Waals surface area contributed by atoms with Crippen LogP contribution in [-0.4, -0.2) is 13.2 Å². The minimum absolute atomic E-state index is 0.717. The molecule has 0 aromatic heterocycles. The van der Waals surface area contributed by atoms with Crippen molar-refractivity contribution in [3.63, 3.8) is 0 Å². The third kappa shape index (κ3) is 2.72. The Bertz CT molecular complexity index is 764. The maximum absolute atomic E-state index is 6.13. The van der Waals surface area contributed by atoms with Gasteiger partial charge >= 0.3 is 0 Å². The van der Waals surface area contributed by atoms with Crippen molar-refractivity contribution in [1.29, 1.82) is 0 Å². The molecule has 0 saturated heterocycles. The summed E-state index contributed by atoms with van der Waals surface area (Å²) in [7, 11) is 0. The van der Waals surface area contributed by atoms with Crippen LogP contribution in [0.1, 0.15) is 18.4 Å². The van der Waals surface area contributed by atoms with Gasteiger partial charge in [0.2, 0.25) is 0 Å². The Hall–Kier alpha value is -2.06. The lowest BCUT2D eigenvalue weighted by molar-refractivity contribution is 0.315. The number of unbranched alkanes of at least 4 members (excludes halogenated alkanes) is 1. The summed E-state index contributed by atoms with van der Waals surface area (Å²) in [6.07, 6.45) is 1.99. The van der Waals surface area contributed by atoms with E-state index in [-0.39, 0.29) is 0 Å². The molecule has 3 aromatic rings. The number of benzene rings is 3. The van der Waals surface area contributed by atoms with Gasteiger partial charge in [0, 0.05) is 10.8 Å². The topological polar surface area (TPSA) is 35.2 Å². The first-order valence-electron chi connectivity index (χ1n) is 7.55. The highest BCUT2D eigenvalue weighted by molar-refractivity contribution is 6.06. The minimum atomic E-state index is 0.717. The van der Waals surface area contributed by atoms with E-state index in [2.05, 4.69) is 55.5 Å². The maximum Gasteiger partial charge on any atom is 0.134 e. The van der Waals surface area contributed by atoms with Gasteiger partial charge in [-0.3, -0.25) is 0 Å². The summed E-state index contributed by atoms with van der Waals surface area (Å²) < 4.78 is 6.13. The van der Waals surface area contributed by atoms with Crippen LogP contribution < -0.4 is 10.5 Å². The van der Waals surface area contributed by atoms with E-state index in [0.717, 1.165) is 25.1 Å². The van der Waals surface area contributed by atoms with Crippen molar-refractivity contribution in [1.82, 2.24) is 0 Å². The van der Waals surface area contributed by atoms with Gasteiger partial charge in [-0.2, -0.15) is 0 Å². The van der Waals surface area contributed by atoms with Gasteiger partial charge in [-0.1, -0.05) is 42.5 Å². The van der Waals surface area contributed by atoms with Crippen LogP contribution >= 0.6 is 0 Å². The second-order valence-corrected chi connectivity index (χ2v) is 5.44. The number of ether oxygens (including phenoxy) is 1. The zero-order valence-corrected chi connectivity index (χ0v) is 12.4. The Balaban J connectivity index is 2.13. The largest absolute Gasteiger partial charge is 0.492 e. The molecule has 108 valence electrons. The number of aryl methyl sites for hydroxylation is 1. The van der Waals surface area contributed by atoms with Gasteiger partial charge in [0.1, 0.15) is 5.75 Å². The van der Waals surface area contributed by atoms with Gasteiger partial charge in [0.15, 0.2) is 0 Å². The van der Waals surface area contributed by atoms with E-state index in [0.29, 0.717) is 6.61 Å². The highest BCUT2D eigenvalue weighted by Gasteiger charge is 2.09. The summed E-state index contributed by atoms with van der Waals surface area (Å²) in [5.41, 5.74) is 6.84.